The van der Waals surface area contributed by atoms with Crippen LogP contribution in [0.2, 0.25) is 0 Å². The van der Waals surface area contributed by atoms with Crippen molar-refractivity contribution in [2.75, 3.05) is 0 Å². The average molecular weight is 259 g/mol. The van der Waals surface area contributed by atoms with Gasteiger partial charge in [0.2, 0.25) is 0 Å². The lowest BCUT2D eigenvalue weighted by Gasteiger charge is -2.36. The molecule has 5 nitrogen and oxygen atoms in total. The van der Waals surface area contributed by atoms with Gasteiger partial charge in [0.15, 0.2) is 5.65 Å². The quantitative estimate of drug-likeness (QED) is 0.844. The number of aliphatic hydroxyl groups is 1. The third-order valence-electron chi connectivity index (χ3n) is 4.30. The Kier molecular flexibility index (Phi) is 2.26. The molecule has 2 aromatic rings. The molecule has 2 bridgehead atoms. The molecule has 2 saturated heterocycles. The zero-order valence-electron chi connectivity index (χ0n) is 10.9. The van der Waals surface area contributed by atoms with Crippen LogP contribution in [0.25, 0.3) is 5.65 Å². The minimum atomic E-state index is -0.814. The van der Waals surface area contributed by atoms with E-state index in [4.69, 9.17) is 4.74 Å². The molecule has 19 heavy (non-hydrogen) atoms. The van der Waals surface area contributed by atoms with Crippen LogP contribution in [0, 0.1) is 6.92 Å². The van der Waals surface area contributed by atoms with Gasteiger partial charge in [0.05, 0.1) is 23.5 Å². The SMILES string of the molecule is Cc1cc2ncc(C3(O)CC4CCC(C3)O4)cn2n1. The molecule has 4 heterocycles. The second-order valence-corrected chi connectivity index (χ2v) is 5.83. The maximum Gasteiger partial charge on any atom is 0.155 e. The summed E-state index contributed by atoms with van der Waals surface area (Å²) in [5, 5.41) is 15.3. The number of fused-ring (bicyclic) bond motifs is 3. The predicted molar refractivity (Wildman–Crippen MR) is 68.7 cm³/mol. The Morgan fingerprint density at radius 2 is 2.11 bits per heavy atom. The first kappa shape index (κ1) is 11.4. The minimum Gasteiger partial charge on any atom is -0.385 e. The van der Waals surface area contributed by atoms with Crippen molar-refractivity contribution in [2.45, 2.75) is 50.4 Å². The van der Waals surface area contributed by atoms with Gasteiger partial charge in [-0.3, -0.25) is 0 Å². The van der Waals surface area contributed by atoms with Crippen molar-refractivity contribution in [1.82, 2.24) is 14.6 Å². The summed E-state index contributed by atoms with van der Waals surface area (Å²) in [5.41, 5.74) is 1.79. The number of nitrogens with zero attached hydrogens (tertiary/aromatic N) is 3. The van der Waals surface area contributed by atoms with Crippen molar-refractivity contribution in [2.24, 2.45) is 0 Å². The van der Waals surface area contributed by atoms with Crippen molar-refractivity contribution < 1.29 is 9.84 Å². The van der Waals surface area contributed by atoms with E-state index in [-0.39, 0.29) is 12.2 Å². The number of ether oxygens (including phenoxy) is 1. The lowest BCUT2D eigenvalue weighted by Crippen LogP contribution is -2.39. The number of hydrogen-bond acceptors (Lipinski definition) is 4. The van der Waals surface area contributed by atoms with Gasteiger partial charge >= 0.3 is 0 Å². The average Bonchev–Trinajstić information content (AvgIpc) is 2.90. The van der Waals surface area contributed by atoms with Crippen molar-refractivity contribution in [3.05, 3.63) is 29.7 Å². The number of hydrogen-bond donors (Lipinski definition) is 1. The van der Waals surface area contributed by atoms with E-state index >= 15 is 0 Å². The van der Waals surface area contributed by atoms with E-state index < -0.39 is 5.60 Å². The highest BCUT2D eigenvalue weighted by Crippen LogP contribution is 2.43. The number of rotatable bonds is 1. The van der Waals surface area contributed by atoms with Gasteiger partial charge in [0.1, 0.15) is 0 Å². The molecule has 0 spiro atoms. The van der Waals surface area contributed by atoms with Crippen LogP contribution in [-0.4, -0.2) is 31.9 Å². The second-order valence-electron chi connectivity index (χ2n) is 5.83. The molecule has 0 saturated carbocycles. The molecule has 2 atom stereocenters. The Morgan fingerprint density at radius 1 is 1.37 bits per heavy atom. The van der Waals surface area contributed by atoms with E-state index in [1.54, 1.807) is 10.7 Å². The summed E-state index contributed by atoms with van der Waals surface area (Å²) < 4.78 is 7.55. The van der Waals surface area contributed by atoms with Crippen LogP contribution in [0.5, 0.6) is 0 Å². The topological polar surface area (TPSA) is 59.7 Å². The fourth-order valence-electron chi connectivity index (χ4n) is 3.39. The summed E-state index contributed by atoms with van der Waals surface area (Å²) in [6.07, 6.45) is 7.51. The molecule has 0 amide bonds. The Morgan fingerprint density at radius 3 is 2.84 bits per heavy atom. The summed E-state index contributed by atoms with van der Waals surface area (Å²) in [5.74, 6) is 0. The molecule has 4 rings (SSSR count). The highest BCUT2D eigenvalue weighted by molar-refractivity contribution is 5.39. The molecule has 0 radical (unpaired) electrons. The van der Waals surface area contributed by atoms with Crippen molar-refractivity contribution in [3.63, 3.8) is 0 Å². The molecule has 2 fully saturated rings. The molecule has 0 aromatic carbocycles. The molecular weight excluding hydrogens is 242 g/mol. The van der Waals surface area contributed by atoms with Crippen LogP contribution >= 0.6 is 0 Å². The van der Waals surface area contributed by atoms with E-state index in [2.05, 4.69) is 10.1 Å². The highest BCUT2D eigenvalue weighted by atomic mass is 16.5. The largest absolute Gasteiger partial charge is 0.385 e. The Hall–Kier alpha value is -1.46. The van der Waals surface area contributed by atoms with Crippen LogP contribution < -0.4 is 0 Å². The summed E-state index contributed by atoms with van der Waals surface area (Å²) in [6.45, 7) is 1.94. The van der Waals surface area contributed by atoms with E-state index in [1.165, 1.54) is 0 Å². The minimum absolute atomic E-state index is 0.193. The molecule has 2 aliphatic rings. The lowest BCUT2D eigenvalue weighted by molar-refractivity contribution is -0.115. The molecular formula is C14H17N3O2. The van der Waals surface area contributed by atoms with E-state index in [9.17, 15) is 5.11 Å². The molecule has 0 aliphatic carbocycles. The van der Waals surface area contributed by atoms with Gasteiger partial charge in [0, 0.05) is 36.9 Å². The third kappa shape index (κ3) is 1.76. The van der Waals surface area contributed by atoms with E-state index in [1.807, 2.05) is 19.2 Å². The van der Waals surface area contributed by atoms with Gasteiger partial charge in [-0.05, 0) is 19.8 Å². The summed E-state index contributed by atoms with van der Waals surface area (Å²) in [6, 6.07) is 1.93. The van der Waals surface area contributed by atoms with Gasteiger partial charge in [-0.1, -0.05) is 0 Å². The van der Waals surface area contributed by atoms with Crippen LogP contribution in [-0.2, 0) is 10.3 Å². The molecule has 2 unspecified atom stereocenters. The third-order valence-corrected chi connectivity index (χ3v) is 4.30. The molecule has 100 valence electrons. The first-order valence-corrected chi connectivity index (χ1v) is 6.83. The van der Waals surface area contributed by atoms with Gasteiger partial charge in [-0.15, -0.1) is 0 Å². The smallest absolute Gasteiger partial charge is 0.155 e. The van der Waals surface area contributed by atoms with Crippen molar-refractivity contribution in [3.8, 4) is 0 Å². The molecule has 1 N–H and O–H groups in total. The maximum atomic E-state index is 10.9. The van der Waals surface area contributed by atoms with Gasteiger partial charge < -0.3 is 9.84 Å². The standard InChI is InChI=1S/C14H17N3O2/c1-9-4-13-15-7-10(8-17(13)16-9)14(18)5-11-2-3-12(6-14)19-11/h4,7-8,11-12,18H,2-3,5-6H2,1H3. The normalized spacial score (nSPS) is 34.0. The van der Waals surface area contributed by atoms with Gasteiger partial charge in [0.25, 0.3) is 0 Å². The highest BCUT2D eigenvalue weighted by Gasteiger charge is 2.45. The number of aryl methyl sites for hydroxylation is 1. The van der Waals surface area contributed by atoms with Crippen LogP contribution in [0.4, 0.5) is 0 Å². The van der Waals surface area contributed by atoms with Gasteiger partial charge in [-0.25, -0.2) is 9.50 Å². The van der Waals surface area contributed by atoms with Crippen LogP contribution in [0.3, 0.4) is 0 Å². The van der Waals surface area contributed by atoms with E-state index in [0.717, 1.165) is 29.7 Å². The van der Waals surface area contributed by atoms with Crippen molar-refractivity contribution in [1.29, 1.82) is 0 Å². The summed E-state index contributed by atoms with van der Waals surface area (Å²) in [4.78, 5) is 4.39. The zero-order valence-corrected chi connectivity index (χ0v) is 10.9. The first-order chi connectivity index (χ1) is 9.12. The summed E-state index contributed by atoms with van der Waals surface area (Å²) >= 11 is 0. The molecule has 2 aliphatic heterocycles. The predicted octanol–water partition coefficient (Wildman–Crippen LogP) is 1.57. The monoisotopic (exact) mass is 259 g/mol. The summed E-state index contributed by atoms with van der Waals surface area (Å²) in [7, 11) is 0. The lowest BCUT2D eigenvalue weighted by atomic mass is 9.85. The first-order valence-electron chi connectivity index (χ1n) is 6.83. The second kappa shape index (κ2) is 3.77. The van der Waals surface area contributed by atoms with E-state index in [0.29, 0.717) is 12.8 Å². The fraction of sp³-hybridized carbons (Fsp3) is 0.571. The molecule has 2 aromatic heterocycles. The van der Waals surface area contributed by atoms with Crippen molar-refractivity contribution >= 4 is 5.65 Å². The van der Waals surface area contributed by atoms with Crippen LogP contribution in [0.15, 0.2) is 18.5 Å². The zero-order chi connectivity index (χ0) is 13.0. The van der Waals surface area contributed by atoms with Crippen LogP contribution in [0.1, 0.15) is 36.9 Å². The van der Waals surface area contributed by atoms with Gasteiger partial charge in [-0.2, -0.15) is 5.10 Å². The Labute approximate surface area is 111 Å². The Bertz CT molecular complexity index is 625. The molecule has 5 heteroatoms. The fourth-order valence-corrected chi connectivity index (χ4v) is 3.39. The Balaban J connectivity index is 1.76. The maximum absolute atomic E-state index is 10.9. The number of aromatic nitrogens is 3.